The largest absolute Gasteiger partial charge is 0.481 e. The van der Waals surface area contributed by atoms with E-state index in [0.717, 1.165) is 13.3 Å². The number of anilines is 1. The van der Waals surface area contributed by atoms with Crippen molar-refractivity contribution in [2.75, 3.05) is 18.9 Å². The molecule has 2 aliphatic rings. The molecule has 0 saturated carbocycles. The first-order chi connectivity index (χ1) is 20.0. The summed E-state index contributed by atoms with van der Waals surface area (Å²) in [5.41, 5.74) is 6.10. The maximum absolute atomic E-state index is 14.1. The molecule has 4 heterocycles. The maximum Gasteiger partial charge on any atom is 0.481 e. The van der Waals surface area contributed by atoms with E-state index in [9.17, 15) is 44.0 Å². The summed E-state index contributed by atoms with van der Waals surface area (Å²) in [5, 5.41) is 50.5. The van der Waals surface area contributed by atoms with Crippen molar-refractivity contribution in [1.29, 1.82) is 0 Å². The molecule has 43 heavy (non-hydrogen) atoms. The number of fused-ring (bicyclic) bond motifs is 1. The van der Waals surface area contributed by atoms with Gasteiger partial charge >= 0.3 is 20.5 Å². The Labute approximate surface area is 245 Å². The highest BCUT2D eigenvalue weighted by Gasteiger charge is 2.53. The fourth-order valence-corrected chi connectivity index (χ4v) is 7.39. The van der Waals surface area contributed by atoms with Crippen LogP contribution in [0.25, 0.3) is 11.2 Å². The van der Waals surface area contributed by atoms with Gasteiger partial charge in [0.15, 0.2) is 30.0 Å². The van der Waals surface area contributed by atoms with Crippen molar-refractivity contribution in [3.05, 3.63) is 12.7 Å². The first-order valence-electron chi connectivity index (χ1n) is 12.1. The van der Waals surface area contributed by atoms with Crippen LogP contribution in [0, 0.1) is 0 Å². The molecule has 0 bridgehead atoms. The predicted octanol–water partition coefficient (Wildman–Crippen LogP) is -2.90. The summed E-state index contributed by atoms with van der Waals surface area (Å²) in [4.78, 5) is 44.0. The predicted molar refractivity (Wildman–Crippen MR) is 138 cm³/mol. The topological polar surface area (TPSA) is 301 Å². The van der Waals surface area contributed by atoms with Crippen molar-refractivity contribution in [3.63, 3.8) is 0 Å². The number of phosphoric acid groups is 1. The average Bonchev–Trinajstić information content (AvgIpc) is 3.47. The standard InChI is InChI=1S/C19H28FN5O15P2S/c1-6(27)36-15-12(30)11(29)14(7(20)2-26)38-19(15)39-41(32,33)40-42(34,43)35-3-8-10(28)13(31)18(37-8)25-5-24-9-16(21)22-4-23-17(9)25/h4-5,7-8,10-15,18-19,26,28-31H,2-3H2,1H3,(H,32,33)(H,34,43)(H2,21,22,23)/t7-,8+,10?,11-,12-,13-,14?,15?,18+,19-,42?/m0/s1. The van der Waals surface area contributed by atoms with Gasteiger partial charge in [0, 0.05) is 6.92 Å². The first kappa shape index (κ1) is 34.0. The molecule has 2 saturated heterocycles. The van der Waals surface area contributed by atoms with Gasteiger partial charge in [0.2, 0.25) is 6.29 Å². The van der Waals surface area contributed by atoms with Crippen LogP contribution in [0.1, 0.15) is 13.2 Å². The van der Waals surface area contributed by atoms with Crippen molar-refractivity contribution in [2.45, 2.75) is 68.3 Å². The third-order valence-electron chi connectivity index (χ3n) is 6.26. The van der Waals surface area contributed by atoms with E-state index in [1.807, 2.05) is 0 Å². The average molecular weight is 679 g/mol. The number of nitrogen functional groups attached to an aromatic ring is 1. The van der Waals surface area contributed by atoms with E-state index in [2.05, 4.69) is 19.3 Å². The minimum atomic E-state index is -5.56. The van der Waals surface area contributed by atoms with Gasteiger partial charge in [0.1, 0.15) is 48.5 Å². The van der Waals surface area contributed by atoms with Gasteiger partial charge in [-0.2, -0.15) is 0 Å². The lowest BCUT2D eigenvalue weighted by molar-refractivity contribution is -0.290. The fourth-order valence-electron chi connectivity index (χ4n) is 4.29. The van der Waals surface area contributed by atoms with Crippen LogP contribution in [0.4, 0.5) is 10.2 Å². The monoisotopic (exact) mass is 679 g/mol. The van der Waals surface area contributed by atoms with E-state index < -0.39 is 95.1 Å². The van der Waals surface area contributed by atoms with E-state index in [1.165, 1.54) is 10.9 Å². The van der Waals surface area contributed by atoms with Gasteiger partial charge in [0.05, 0.1) is 19.5 Å². The summed E-state index contributed by atoms with van der Waals surface area (Å²) in [7, 11) is -5.56. The second kappa shape index (κ2) is 13.3. The molecular formula is C19H28FN5O15P2S. The number of nitrogens with zero attached hydrogens (tertiary/aromatic N) is 4. The molecule has 5 unspecified atom stereocenters. The Kier molecular flexibility index (Phi) is 10.5. The number of rotatable bonds is 11. The molecule has 4 rings (SSSR count). The quantitative estimate of drug-likeness (QED) is 0.0872. The molecular weight excluding hydrogens is 651 g/mol. The number of hydrogen-bond acceptors (Lipinski definition) is 18. The van der Waals surface area contributed by atoms with E-state index in [1.54, 1.807) is 0 Å². The number of halogens is 1. The zero-order valence-corrected chi connectivity index (χ0v) is 24.4. The van der Waals surface area contributed by atoms with Crippen LogP contribution < -0.4 is 5.73 Å². The number of hydrogen-bond donors (Lipinski definition) is 8. The van der Waals surface area contributed by atoms with E-state index >= 15 is 0 Å². The zero-order chi connectivity index (χ0) is 31.9. The lowest BCUT2D eigenvalue weighted by Crippen LogP contribution is -2.61. The molecule has 2 fully saturated rings. The minimum Gasteiger partial charge on any atom is -0.454 e. The number of ether oxygens (including phenoxy) is 3. The smallest absolute Gasteiger partial charge is 0.454 e. The summed E-state index contributed by atoms with van der Waals surface area (Å²) in [6, 6.07) is 0. The van der Waals surface area contributed by atoms with Crippen molar-refractivity contribution in [1.82, 2.24) is 19.5 Å². The Balaban J connectivity index is 1.42. The maximum atomic E-state index is 14.1. The molecule has 0 aliphatic carbocycles. The van der Waals surface area contributed by atoms with Crippen LogP contribution in [-0.2, 0) is 48.7 Å². The number of nitrogens with two attached hydrogens (primary N) is 1. The normalized spacial score (nSPS) is 34.9. The Morgan fingerprint density at radius 3 is 2.51 bits per heavy atom. The van der Waals surface area contributed by atoms with Crippen LogP contribution in [0.5, 0.6) is 0 Å². The number of aromatic nitrogens is 4. The molecule has 20 nitrogen and oxygen atoms in total. The van der Waals surface area contributed by atoms with E-state index in [-0.39, 0.29) is 17.0 Å². The van der Waals surface area contributed by atoms with E-state index in [4.69, 9.17) is 45.9 Å². The van der Waals surface area contributed by atoms with Crippen LogP contribution in [-0.4, -0.2) is 129 Å². The number of alkyl halides is 1. The minimum absolute atomic E-state index is 0.0439. The van der Waals surface area contributed by atoms with Crippen LogP contribution >= 0.6 is 14.5 Å². The second-order valence-corrected chi connectivity index (χ2v) is 13.7. The number of carbonyl (C=O) groups excluding carboxylic acids is 1. The van der Waals surface area contributed by atoms with Crippen molar-refractivity contribution in [3.8, 4) is 0 Å². The highest BCUT2D eigenvalue weighted by molar-refractivity contribution is 8.08. The highest BCUT2D eigenvalue weighted by Crippen LogP contribution is 2.62. The van der Waals surface area contributed by atoms with Crippen molar-refractivity contribution in [2.24, 2.45) is 0 Å². The van der Waals surface area contributed by atoms with Crippen molar-refractivity contribution >= 4 is 49.3 Å². The van der Waals surface area contributed by atoms with Gasteiger partial charge in [-0.25, -0.2) is 28.2 Å². The zero-order valence-electron chi connectivity index (χ0n) is 21.8. The highest BCUT2D eigenvalue weighted by atomic mass is 32.5. The summed E-state index contributed by atoms with van der Waals surface area (Å²) in [5.74, 6) is -1.02. The summed E-state index contributed by atoms with van der Waals surface area (Å²) < 4.78 is 57.8. The third-order valence-corrected chi connectivity index (χ3v) is 9.78. The number of esters is 1. The molecule has 242 valence electrons. The molecule has 0 aromatic carbocycles. The van der Waals surface area contributed by atoms with Gasteiger partial charge in [-0.05, 0) is 11.8 Å². The number of phosphoric ester groups is 1. The lowest BCUT2D eigenvalue weighted by atomic mass is 9.96. The van der Waals surface area contributed by atoms with Gasteiger partial charge in [-0.1, -0.05) is 0 Å². The van der Waals surface area contributed by atoms with Gasteiger partial charge < -0.3 is 59.8 Å². The van der Waals surface area contributed by atoms with Crippen LogP contribution in [0.2, 0.25) is 0 Å². The molecule has 0 spiro atoms. The number of aliphatic hydroxyl groups excluding tert-OH is 5. The SMILES string of the molecule is CC(=O)OC1[C@H](OP(=O)(O)OP(O)(=S)OC[C@H]2O[C@@H](n3cnc4c(N)ncnc43)[C@@H](O)C2O)OC([C@@H](F)CO)[C@@H](O)[C@@H]1O. The Bertz CT molecular complexity index is 1410. The van der Waals surface area contributed by atoms with Crippen LogP contribution in [0.15, 0.2) is 12.7 Å². The molecule has 9 N–H and O–H groups in total. The molecule has 12 atom stereocenters. The fraction of sp³-hybridized carbons (Fsp3) is 0.684. The second-order valence-electron chi connectivity index (χ2n) is 9.27. The van der Waals surface area contributed by atoms with Crippen molar-refractivity contribution < 1.29 is 76.6 Å². The van der Waals surface area contributed by atoms with Gasteiger partial charge in [-0.15, -0.1) is 0 Å². The first-order valence-corrected chi connectivity index (χ1v) is 16.2. The van der Waals surface area contributed by atoms with Gasteiger partial charge in [-0.3, -0.25) is 13.9 Å². The molecule has 2 aromatic heterocycles. The summed E-state index contributed by atoms with van der Waals surface area (Å²) >= 11 is 4.73. The molecule has 0 amide bonds. The molecule has 0 radical (unpaired) electrons. The number of imidazole rings is 1. The third kappa shape index (κ3) is 7.52. The molecule has 24 heteroatoms. The van der Waals surface area contributed by atoms with Crippen LogP contribution in [0.3, 0.4) is 0 Å². The van der Waals surface area contributed by atoms with Gasteiger partial charge in [0.25, 0.3) is 0 Å². The number of carbonyl (C=O) groups is 1. The molecule has 2 aromatic rings. The van der Waals surface area contributed by atoms with E-state index in [0.29, 0.717) is 0 Å². The number of aliphatic hydroxyl groups is 5. The summed E-state index contributed by atoms with van der Waals surface area (Å²) in [6.45, 7) is -5.85. The Morgan fingerprint density at radius 1 is 1.16 bits per heavy atom. The Hall–Kier alpha value is -1.85. The molecule has 2 aliphatic heterocycles. The summed E-state index contributed by atoms with van der Waals surface area (Å²) in [6.07, 6.45) is -16.3. The Morgan fingerprint density at radius 2 is 1.86 bits per heavy atom. The lowest BCUT2D eigenvalue weighted by Gasteiger charge is -2.42.